The number of nitrogens with zero attached hydrogens (tertiary/aromatic N) is 1. The number of para-hydroxylation sites is 1. The summed E-state index contributed by atoms with van der Waals surface area (Å²) in [6.45, 7) is 8.59. The van der Waals surface area contributed by atoms with Gasteiger partial charge in [0.2, 0.25) is 5.72 Å². The SMILES string of the molecule is C=CC(C)(C)c1[nH]c2ccccc2c1/C=C1\NC(=O)C2(OC)CCCN2C1=O. The fourth-order valence-corrected chi connectivity index (χ4v) is 4.18. The van der Waals surface area contributed by atoms with Gasteiger partial charge < -0.3 is 19.9 Å². The maximum atomic E-state index is 13.1. The summed E-state index contributed by atoms with van der Waals surface area (Å²) in [5.74, 6) is -0.505. The molecule has 0 saturated carbocycles. The van der Waals surface area contributed by atoms with Gasteiger partial charge in [-0.2, -0.15) is 0 Å². The number of carbonyl (C=O) groups is 2. The number of piperazine rings is 1. The third-order valence-corrected chi connectivity index (χ3v) is 5.94. The van der Waals surface area contributed by atoms with Gasteiger partial charge in [-0.15, -0.1) is 6.58 Å². The molecule has 6 heteroatoms. The Bertz CT molecular complexity index is 1020. The summed E-state index contributed by atoms with van der Waals surface area (Å²) in [7, 11) is 1.48. The number of benzene rings is 1. The minimum Gasteiger partial charge on any atom is -0.357 e. The number of fused-ring (bicyclic) bond motifs is 2. The number of nitrogens with one attached hydrogen (secondary N) is 2. The lowest BCUT2D eigenvalue weighted by molar-refractivity contribution is -0.177. The van der Waals surface area contributed by atoms with E-state index in [1.807, 2.05) is 30.3 Å². The van der Waals surface area contributed by atoms with Crippen LogP contribution in [0.3, 0.4) is 0 Å². The number of aromatic amines is 1. The normalized spacial score (nSPS) is 24.0. The highest BCUT2D eigenvalue weighted by atomic mass is 16.5. The van der Waals surface area contributed by atoms with Gasteiger partial charge in [0.1, 0.15) is 5.70 Å². The predicted molar refractivity (Wildman–Crippen MR) is 108 cm³/mol. The monoisotopic (exact) mass is 379 g/mol. The van der Waals surface area contributed by atoms with Crippen LogP contribution >= 0.6 is 0 Å². The van der Waals surface area contributed by atoms with Crippen LogP contribution in [0, 0.1) is 0 Å². The molecule has 0 bridgehead atoms. The molecule has 2 saturated heterocycles. The molecule has 0 aliphatic carbocycles. The number of ether oxygens (including phenoxy) is 1. The van der Waals surface area contributed by atoms with E-state index in [2.05, 4.69) is 30.7 Å². The summed E-state index contributed by atoms with van der Waals surface area (Å²) in [5.41, 5.74) is 1.55. The van der Waals surface area contributed by atoms with E-state index in [0.29, 0.717) is 13.0 Å². The lowest BCUT2D eigenvalue weighted by Gasteiger charge is -2.40. The Hall–Kier alpha value is -2.86. The number of aromatic nitrogens is 1. The molecular weight excluding hydrogens is 354 g/mol. The van der Waals surface area contributed by atoms with Crippen molar-refractivity contribution in [3.05, 3.63) is 53.9 Å². The average Bonchev–Trinajstić information content (AvgIpc) is 3.29. The van der Waals surface area contributed by atoms with E-state index in [9.17, 15) is 9.59 Å². The molecule has 2 fully saturated rings. The van der Waals surface area contributed by atoms with E-state index in [4.69, 9.17) is 4.74 Å². The van der Waals surface area contributed by atoms with Crippen molar-refractivity contribution < 1.29 is 14.3 Å². The minimum atomic E-state index is -1.18. The highest BCUT2D eigenvalue weighted by Crippen LogP contribution is 2.37. The van der Waals surface area contributed by atoms with Crippen LogP contribution in [0.4, 0.5) is 0 Å². The molecule has 146 valence electrons. The van der Waals surface area contributed by atoms with E-state index in [1.54, 1.807) is 11.0 Å². The zero-order chi connectivity index (χ0) is 20.1. The molecule has 1 aromatic carbocycles. The second kappa shape index (κ2) is 6.34. The van der Waals surface area contributed by atoms with Crippen LogP contribution < -0.4 is 5.32 Å². The summed E-state index contributed by atoms with van der Waals surface area (Å²) in [4.78, 5) is 31.0. The van der Waals surface area contributed by atoms with Crippen molar-refractivity contribution in [3.8, 4) is 0 Å². The first-order valence-electron chi connectivity index (χ1n) is 9.49. The Kier molecular flexibility index (Phi) is 4.19. The second-order valence-corrected chi connectivity index (χ2v) is 7.95. The molecule has 2 aliphatic heterocycles. The van der Waals surface area contributed by atoms with Gasteiger partial charge in [0, 0.05) is 47.7 Å². The molecule has 1 atom stereocenters. The van der Waals surface area contributed by atoms with Crippen molar-refractivity contribution in [3.63, 3.8) is 0 Å². The lowest BCUT2D eigenvalue weighted by Crippen LogP contribution is -2.64. The molecule has 2 amide bonds. The molecule has 0 spiro atoms. The van der Waals surface area contributed by atoms with Crippen molar-refractivity contribution in [2.24, 2.45) is 0 Å². The maximum absolute atomic E-state index is 13.1. The zero-order valence-corrected chi connectivity index (χ0v) is 16.5. The predicted octanol–water partition coefficient (Wildman–Crippen LogP) is 3.07. The molecule has 28 heavy (non-hydrogen) atoms. The Morgan fingerprint density at radius 2 is 2.04 bits per heavy atom. The Balaban J connectivity index is 1.87. The first-order valence-corrected chi connectivity index (χ1v) is 9.49. The van der Waals surface area contributed by atoms with Crippen LogP contribution in [-0.4, -0.2) is 41.1 Å². The van der Waals surface area contributed by atoms with E-state index in [0.717, 1.165) is 28.6 Å². The summed E-state index contributed by atoms with van der Waals surface area (Å²) in [5, 5.41) is 3.79. The smallest absolute Gasteiger partial charge is 0.278 e. The van der Waals surface area contributed by atoms with E-state index >= 15 is 0 Å². The maximum Gasteiger partial charge on any atom is 0.278 e. The first kappa shape index (κ1) is 18.5. The topological polar surface area (TPSA) is 74.4 Å². The number of hydrogen-bond donors (Lipinski definition) is 2. The summed E-state index contributed by atoms with van der Waals surface area (Å²) in [6.07, 6.45) is 4.90. The van der Waals surface area contributed by atoms with E-state index in [-0.39, 0.29) is 22.9 Å². The number of carbonyl (C=O) groups excluding carboxylic acids is 2. The van der Waals surface area contributed by atoms with Crippen LogP contribution in [-0.2, 0) is 19.7 Å². The summed E-state index contributed by atoms with van der Waals surface area (Å²) < 4.78 is 5.48. The van der Waals surface area contributed by atoms with Crippen molar-refractivity contribution in [1.82, 2.24) is 15.2 Å². The molecule has 6 nitrogen and oxygen atoms in total. The fraction of sp³-hybridized carbons (Fsp3) is 0.364. The molecule has 1 aromatic heterocycles. The summed E-state index contributed by atoms with van der Waals surface area (Å²) in [6, 6.07) is 7.93. The van der Waals surface area contributed by atoms with Crippen LogP contribution in [0.1, 0.15) is 37.9 Å². The van der Waals surface area contributed by atoms with Gasteiger partial charge in [-0.25, -0.2) is 0 Å². The Morgan fingerprint density at radius 3 is 2.75 bits per heavy atom. The molecule has 4 rings (SSSR count). The van der Waals surface area contributed by atoms with E-state index in [1.165, 1.54) is 7.11 Å². The average molecular weight is 379 g/mol. The Morgan fingerprint density at radius 1 is 1.29 bits per heavy atom. The zero-order valence-electron chi connectivity index (χ0n) is 16.5. The van der Waals surface area contributed by atoms with Crippen molar-refractivity contribution in [2.45, 2.75) is 37.8 Å². The first-order chi connectivity index (χ1) is 13.3. The molecule has 2 aromatic rings. The lowest BCUT2D eigenvalue weighted by atomic mass is 9.86. The minimum absolute atomic E-state index is 0.216. The third kappa shape index (κ3) is 2.52. The third-order valence-electron chi connectivity index (χ3n) is 5.94. The van der Waals surface area contributed by atoms with Gasteiger partial charge in [0.15, 0.2) is 0 Å². The number of methoxy groups -OCH3 is 1. The van der Waals surface area contributed by atoms with Gasteiger partial charge >= 0.3 is 0 Å². The van der Waals surface area contributed by atoms with E-state index < -0.39 is 5.72 Å². The van der Waals surface area contributed by atoms with Gasteiger partial charge in [-0.3, -0.25) is 9.59 Å². The van der Waals surface area contributed by atoms with Gasteiger partial charge in [-0.05, 0) is 18.6 Å². The van der Waals surface area contributed by atoms with Crippen LogP contribution in [0.2, 0.25) is 0 Å². The van der Waals surface area contributed by atoms with Gasteiger partial charge in [-0.1, -0.05) is 38.1 Å². The van der Waals surface area contributed by atoms with Gasteiger partial charge in [0.25, 0.3) is 11.8 Å². The van der Waals surface area contributed by atoms with Crippen molar-refractivity contribution in [1.29, 1.82) is 0 Å². The molecule has 0 radical (unpaired) electrons. The number of hydrogen-bond acceptors (Lipinski definition) is 3. The van der Waals surface area contributed by atoms with Crippen LogP contribution in [0.15, 0.2) is 42.6 Å². The molecule has 2 N–H and O–H groups in total. The number of allylic oxidation sites excluding steroid dienone is 1. The van der Waals surface area contributed by atoms with Crippen LogP contribution in [0.25, 0.3) is 17.0 Å². The molecule has 3 heterocycles. The molecular formula is C22H25N3O3. The largest absolute Gasteiger partial charge is 0.357 e. The standard InChI is InChI=1S/C22H25N3O3/c1-5-21(2,3)18-15(14-9-6-7-10-16(14)23-18)13-17-19(26)25-12-8-11-22(25,28-4)20(27)24-17/h5-7,9-10,13,23H,1,8,11-12H2,2-4H3,(H,24,27)/b17-13-. The highest BCUT2D eigenvalue weighted by molar-refractivity contribution is 6.10. The van der Waals surface area contributed by atoms with Crippen LogP contribution in [0.5, 0.6) is 0 Å². The summed E-state index contributed by atoms with van der Waals surface area (Å²) >= 11 is 0. The quantitative estimate of drug-likeness (QED) is 0.633. The second-order valence-electron chi connectivity index (χ2n) is 7.95. The fourth-order valence-electron chi connectivity index (χ4n) is 4.18. The highest BCUT2D eigenvalue weighted by Gasteiger charge is 2.54. The number of rotatable bonds is 4. The van der Waals surface area contributed by atoms with Gasteiger partial charge in [0.05, 0.1) is 0 Å². The number of amides is 2. The molecule has 2 aliphatic rings. The Labute approximate surface area is 164 Å². The number of H-pyrrole nitrogens is 1. The van der Waals surface area contributed by atoms with Crippen molar-refractivity contribution >= 4 is 28.8 Å². The van der Waals surface area contributed by atoms with Crippen molar-refractivity contribution in [2.75, 3.05) is 13.7 Å². The molecule has 1 unspecified atom stereocenters.